The second-order valence-corrected chi connectivity index (χ2v) is 6.05. The van der Waals surface area contributed by atoms with E-state index in [0.717, 1.165) is 38.4 Å². The summed E-state index contributed by atoms with van der Waals surface area (Å²) in [6, 6.07) is 0. The van der Waals surface area contributed by atoms with Gasteiger partial charge < -0.3 is 4.90 Å². The molecule has 0 unspecified atom stereocenters. The van der Waals surface area contributed by atoms with Crippen molar-refractivity contribution in [2.45, 2.75) is 33.7 Å². The number of piperazine rings is 1. The fourth-order valence-electron chi connectivity index (χ4n) is 2.18. The standard InChI is InChI=1S/C13H21N3OS/c1-4-13(17)16-7-5-15(6-8-16)9-12-14-10(2)11(3)18-12/h4-9H2,1-3H3. The number of hydrogen-bond donors (Lipinski definition) is 0. The number of rotatable bonds is 3. The molecule has 0 N–H and O–H groups in total. The zero-order chi connectivity index (χ0) is 13.1. The van der Waals surface area contributed by atoms with Crippen LogP contribution in [0.15, 0.2) is 0 Å². The van der Waals surface area contributed by atoms with Crippen molar-refractivity contribution in [3.05, 3.63) is 15.6 Å². The Kier molecular flexibility index (Phi) is 4.35. The van der Waals surface area contributed by atoms with Crippen LogP contribution in [0.2, 0.25) is 0 Å². The predicted octanol–water partition coefficient (Wildman–Crippen LogP) is 1.81. The van der Waals surface area contributed by atoms with E-state index < -0.39 is 0 Å². The molecule has 18 heavy (non-hydrogen) atoms. The zero-order valence-electron chi connectivity index (χ0n) is 11.4. The van der Waals surface area contributed by atoms with Crippen molar-refractivity contribution in [1.29, 1.82) is 0 Å². The summed E-state index contributed by atoms with van der Waals surface area (Å²) in [7, 11) is 0. The molecule has 4 nitrogen and oxygen atoms in total. The highest BCUT2D eigenvalue weighted by Gasteiger charge is 2.20. The normalized spacial score (nSPS) is 17.2. The number of aryl methyl sites for hydroxylation is 2. The Morgan fingerprint density at radius 2 is 1.94 bits per heavy atom. The van der Waals surface area contributed by atoms with Crippen LogP contribution in [0, 0.1) is 13.8 Å². The average molecular weight is 267 g/mol. The van der Waals surface area contributed by atoms with Gasteiger partial charge in [0.2, 0.25) is 5.91 Å². The van der Waals surface area contributed by atoms with Crippen molar-refractivity contribution < 1.29 is 4.79 Å². The van der Waals surface area contributed by atoms with E-state index in [2.05, 4.69) is 23.7 Å². The lowest BCUT2D eigenvalue weighted by Crippen LogP contribution is -2.48. The van der Waals surface area contributed by atoms with Gasteiger partial charge in [0, 0.05) is 37.5 Å². The monoisotopic (exact) mass is 267 g/mol. The highest BCUT2D eigenvalue weighted by Crippen LogP contribution is 2.18. The summed E-state index contributed by atoms with van der Waals surface area (Å²) in [4.78, 5) is 21.8. The van der Waals surface area contributed by atoms with Gasteiger partial charge in [0.1, 0.15) is 5.01 Å². The summed E-state index contributed by atoms with van der Waals surface area (Å²) >= 11 is 1.79. The number of carbonyl (C=O) groups is 1. The fourth-order valence-corrected chi connectivity index (χ4v) is 3.15. The van der Waals surface area contributed by atoms with Crippen LogP contribution in [0.25, 0.3) is 0 Å². The molecule has 0 spiro atoms. The van der Waals surface area contributed by atoms with Crippen LogP contribution in [0.3, 0.4) is 0 Å². The third-order valence-electron chi connectivity index (χ3n) is 3.46. The highest BCUT2D eigenvalue weighted by atomic mass is 32.1. The van der Waals surface area contributed by atoms with E-state index in [1.54, 1.807) is 11.3 Å². The molecule has 0 bridgehead atoms. The van der Waals surface area contributed by atoms with Crippen molar-refractivity contribution in [3.8, 4) is 0 Å². The largest absolute Gasteiger partial charge is 0.340 e. The predicted molar refractivity (Wildman–Crippen MR) is 73.7 cm³/mol. The first kappa shape index (κ1) is 13.5. The van der Waals surface area contributed by atoms with Crippen LogP contribution >= 0.6 is 11.3 Å². The number of hydrogen-bond acceptors (Lipinski definition) is 4. The maximum absolute atomic E-state index is 11.6. The van der Waals surface area contributed by atoms with Crippen LogP contribution in [0.4, 0.5) is 0 Å². The van der Waals surface area contributed by atoms with E-state index in [9.17, 15) is 4.79 Å². The van der Waals surface area contributed by atoms with Gasteiger partial charge in [-0.25, -0.2) is 4.98 Å². The van der Waals surface area contributed by atoms with Crippen molar-refractivity contribution in [1.82, 2.24) is 14.8 Å². The van der Waals surface area contributed by atoms with E-state index in [-0.39, 0.29) is 5.91 Å². The minimum Gasteiger partial charge on any atom is -0.340 e. The molecular formula is C13H21N3OS. The number of carbonyl (C=O) groups excluding carboxylic acids is 1. The molecule has 5 heteroatoms. The lowest BCUT2D eigenvalue weighted by atomic mass is 10.3. The van der Waals surface area contributed by atoms with E-state index in [1.165, 1.54) is 9.88 Å². The van der Waals surface area contributed by atoms with Gasteiger partial charge in [-0.1, -0.05) is 6.92 Å². The van der Waals surface area contributed by atoms with Crippen molar-refractivity contribution >= 4 is 17.2 Å². The molecule has 2 rings (SSSR count). The van der Waals surface area contributed by atoms with Gasteiger partial charge in [-0.05, 0) is 13.8 Å². The third kappa shape index (κ3) is 3.09. The van der Waals surface area contributed by atoms with Gasteiger partial charge in [0.05, 0.1) is 12.2 Å². The van der Waals surface area contributed by atoms with Gasteiger partial charge in [-0.2, -0.15) is 0 Å². The van der Waals surface area contributed by atoms with Crippen LogP contribution in [0.5, 0.6) is 0 Å². The summed E-state index contributed by atoms with van der Waals surface area (Å²) in [5, 5.41) is 1.19. The first-order valence-electron chi connectivity index (χ1n) is 6.53. The highest BCUT2D eigenvalue weighted by molar-refractivity contribution is 7.11. The third-order valence-corrected chi connectivity index (χ3v) is 4.52. The van der Waals surface area contributed by atoms with Gasteiger partial charge in [-0.15, -0.1) is 11.3 Å². The molecule has 100 valence electrons. The quantitative estimate of drug-likeness (QED) is 0.838. The Balaban J connectivity index is 1.85. The molecule has 1 amide bonds. The Morgan fingerprint density at radius 1 is 1.28 bits per heavy atom. The number of amides is 1. The van der Waals surface area contributed by atoms with Crippen LogP contribution < -0.4 is 0 Å². The second kappa shape index (κ2) is 5.80. The smallest absolute Gasteiger partial charge is 0.222 e. The van der Waals surface area contributed by atoms with E-state index in [4.69, 9.17) is 0 Å². The van der Waals surface area contributed by atoms with E-state index in [1.807, 2.05) is 11.8 Å². The summed E-state index contributed by atoms with van der Waals surface area (Å²) < 4.78 is 0. The summed E-state index contributed by atoms with van der Waals surface area (Å²) in [6.07, 6.45) is 0.616. The van der Waals surface area contributed by atoms with Crippen LogP contribution in [-0.4, -0.2) is 46.9 Å². The Bertz CT molecular complexity index is 402. The van der Waals surface area contributed by atoms with E-state index in [0.29, 0.717) is 6.42 Å². The molecule has 1 aliphatic rings. The molecule has 1 fully saturated rings. The molecule has 1 saturated heterocycles. The van der Waals surface area contributed by atoms with Crippen molar-refractivity contribution in [2.24, 2.45) is 0 Å². The van der Waals surface area contributed by atoms with Gasteiger partial charge in [-0.3, -0.25) is 9.69 Å². The summed E-state index contributed by atoms with van der Waals surface area (Å²) in [5.74, 6) is 0.274. The summed E-state index contributed by atoms with van der Waals surface area (Å²) in [6.45, 7) is 10.7. The van der Waals surface area contributed by atoms with Crippen molar-refractivity contribution in [2.75, 3.05) is 26.2 Å². The molecule has 0 aromatic carbocycles. The SMILES string of the molecule is CCC(=O)N1CCN(Cc2nc(C)c(C)s2)CC1. The first-order chi connectivity index (χ1) is 8.60. The van der Waals surface area contributed by atoms with Crippen LogP contribution in [-0.2, 0) is 11.3 Å². The zero-order valence-corrected chi connectivity index (χ0v) is 12.2. The lowest BCUT2D eigenvalue weighted by molar-refractivity contribution is -0.132. The molecule has 1 aromatic rings. The topological polar surface area (TPSA) is 36.4 Å². The second-order valence-electron chi connectivity index (χ2n) is 4.76. The fraction of sp³-hybridized carbons (Fsp3) is 0.692. The lowest BCUT2D eigenvalue weighted by Gasteiger charge is -2.34. The molecule has 1 aromatic heterocycles. The number of nitrogens with zero attached hydrogens (tertiary/aromatic N) is 3. The molecule has 0 aliphatic carbocycles. The molecular weight excluding hydrogens is 246 g/mol. The van der Waals surface area contributed by atoms with Gasteiger partial charge in [0.25, 0.3) is 0 Å². The Labute approximate surface area is 113 Å². The van der Waals surface area contributed by atoms with Gasteiger partial charge in [0.15, 0.2) is 0 Å². The van der Waals surface area contributed by atoms with E-state index >= 15 is 0 Å². The number of thiazole rings is 1. The molecule has 0 radical (unpaired) electrons. The maximum Gasteiger partial charge on any atom is 0.222 e. The molecule has 0 atom stereocenters. The average Bonchev–Trinajstić information content (AvgIpc) is 2.68. The molecule has 2 heterocycles. The number of aromatic nitrogens is 1. The van der Waals surface area contributed by atoms with Gasteiger partial charge >= 0.3 is 0 Å². The minimum atomic E-state index is 0.274. The Hall–Kier alpha value is -0.940. The molecule has 0 saturated carbocycles. The maximum atomic E-state index is 11.6. The summed E-state index contributed by atoms with van der Waals surface area (Å²) in [5.41, 5.74) is 1.15. The van der Waals surface area contributed by atoms with Crippen LogP contribution in [0.1, 0.15) is 28.9 Å². The minimum absolute atomic E-state index is 0.274. The first-order valence-corrected chi connectivity index (χ1v) is 7.35. The van der Waals surface area contributed by atoms with Crippen molar-refractivity contribution in [3.63, 3.8) is 0 Å². The molecule has 1 aliphatic heterocycles. The Morgan fingerprint density at radius 3 is 2.44 bits per heavy atom.